The number of hydrogen-bond donors (Lipinski definition) is 2. The Bertz CT molecular complexity index is 487. The number of piperidine rings is 1. The van der Waals surface area contributed by atoms with Gasteiger partial charge < -0.3 is 25.4 Å². The number of ether oxygens (including phenoxy) is 2. The van der Waals surface area contributed by atoms with E-state index in [0.29, 0.717) is 0 Å². The summed E-state index contributed by atoms with van der Waals surface area (Å²) in [4.78, 5) is 14.2. The molecule has 6 nitrogen and oxygen atoms in total. The van der Waals surface area contributed by atoms with Crippen molar-refractivity contribution in [2.24, 2.45) is 5.73 Å². The predicted molar refractivity (Wildman–Crippen MR) is 86.2 cm³/mol. The van der Waals surface area contributed by atoms with Crippen LogP contribution in [0.4, 0.5) is 5.69 Å². The van der Waals surface area contributed by atoms with Gasteiger partial charge >= 0.3 is 0 Å². The maximum absolute atomic E-state index is 11.9. The van der Waals surface area contributed by atoms with Crippen LogP contribution < -0.4 is 20.7 Å². The minimum atomic E-state index is -0.600. The van der Waals surface area contributed by atoms with Crippen LogP contribution in [0.15, 0.2) is 24.3 Å². The Morgan fingerprint density at radius 3 is 2.68 bits per heavy atom. The van der Waals surface area contributed by atoms with Crippen molar-refractivity contribution in [2.75, 3.05) is 38.8 Å². The van der Waals surface area contributed by atoms with Crippen molar-refractivity contribution < 1.29 is 14.3 Å². The number of rotatable bonds is 6. The topological polar surface area (TPSA) is 76.8 Å². The van der Waals surface area contributed by atoms with E-state index in [1.165, 1.54) is 0 Å². The lowest BCUT2D eigenvalue weighted by molar-refractivity contribution is -0.124. The Labute approximate surface area is 131 Å². The summed E-state index contributed by atoms with van der Waals surface area (Å²) in [6.07, 6.45) is 1.78. The van der Waals surface area contributed by atoms with Crippen LogP contribution in [-0.4, -0.2) is 51.9 Å². The molecule has 1 amide bonds. The van der Waals surface area contributed by atoms with Crippen LogP contribution in [0.2, 0.25) is 0 Å². The Balaban J connectivity index is 1.86. The van der Waals surface area contributed by atoms with Gasteiger partial charge in [-0.15, -0.1) is 0 Å². The van der Waals surface area contributed by atoms with E-state index < -0.39 is 6.04 Å². The van der Waals surface area contributed by atoms with Gasteiger partial charge in [-0.1, -0.05) is 12.1 Å². The minimum absolute atomic E-state index is 0.141. The van der Waals surface area contributed by atoms with Gasteiger partial charge in [0.2, 0.25) is 5.91 Å². The van der Waals surface area contributed by atoms with E-state index in [9.17, 15) is 4.79 Å². The van der Waals surface area contributed by atoms with Crippen LogP contribution in [0.1, 0.15) is 12.8 Å². The second-order valence-corrected chi connectivity index (χ2v) is 5.50. The van der Waals surface area contributed by atoms with E-state index in [1.807, 2.05) is 18.2 Å². The fraction of sp³-hybridized carbons (Fsp3) is 0.562. The van der Waals surface area contributed by atoms with Gasteiger partial charge in [-0.3, -0.25) is 4.79 Å². The third-order valence-corrected chi connectivity index (χ3v) is 3.95. The largest absolute Gasteiger partial charge is 0.495 e. The first-order chi connectivity index (χ1) is 10.7. The fourth-order valence-electron chi connectivity index (χ4n) is 2.72. The number of carbonyl (C=O) groups is 1. The molecule has 1 aromatic rings. The highest BCUT2D eigenvalue weighted by atomic mass is 16.5. The second kappa shape index (κ2) is 8.00. The number of benzene rings is 1. The summed E-state index contributed by atoms with van der Waals surface area (Å²) >= 11 is 0. The maximum atomic E-state index is 11.9. The SMILES string of the molecule is COCC(N)C(=O)NC1CCN(c2ccccc2OC)CC1. The fourth-order valence-corrected chi connectivity index (χ4v) is 2.72. The molecule has 1 aliphatic heterocycles. The van der Waals surface area contributed by atoms with Crippen molar-refractivity contribution in [3.63, 3.8) is 0 Å². The lowest BCUT2D eigenvalue weighted by Gasteiger charge is -2.35. The third kappa shape index (κ3) is 4.11. The van der Waals surface area contributed by atoms with Gasteiger partial charge in [0.25, 0.3) is 0 Å². The van der Waals surface area contributed by atoms with Gasteiger partial charge in [0.1, 0.15) is 11.8 Å². The number of carbonyl (C=O) groups excluding carboxylic acids is 1. The normalized spacial score (nSPS) is 17.1. The summed E-state index contributed by atoms with van der Waals surface area (Å²) in [5.41, 5.74) is 6.84. The number of nitrogens with one attached hydrogen (secondary N) is 1. The molecule has 0 bridgehead atoms. The third-order valence-electron chi connectivity index (χ3n) is 3.95. The first-order valence-corrected chi connectivity index (χ1v) is 7.58. The van der Waals surface area contributed by atoms with Crippen molar-refractivity contribution in [1.82, 2.24) is 5.32 Å². The molecule has 1 fully saturated rings. The molecule has 1 atom stereocenters. The summed E-state index contributed by atoms with van der Waals surface area (Å²) < 4.78 is 10.3. The van der Waals surface area contributed by atoms with E-state index in [4.69, 9.17) is 15.2 Å². The highest BCUT2D eigenvalue weighted by Gasteiger charge is 2.24. The summed E-state index contributed by atoms with van der Waals surface area (Å²) in [7, 11) is 3.22. The van der Waals surface area contributed by atoms with E-state index in [2.05, 4.69) is 16.3 Å². The predicted octanol–water partition coefficient (Wildman–Crippen LogP) is 0.754. The molecule has 1 saturated heterocycles. The molecular weight excluding hydrogens is 282 g/mol. The van der Waals surface area contributed by atoms with Crippen LogP contribution in [0.3, 0.4) is 0 Å². The lowest BCUT2D eigenvalue weighted by Crippen LogP contribution is -2.51. The van der Waals surface area contributed by atoms with Crippen LogP contribution in [0.5, 0.6) is 5.75 Å². The Morgan fingerprint density at radius 2 is 2.05 bits per heavy atom. The van der Waals surface area contributed by atoms with Crippen molar-refractivity contribution >= 4 is 11.6 Å². The van der Waals surface area contributed by atoms with Gasteiger partial charge in [-0.25, -0.2) is 0 Å². The van der Waals surface area contributed by atoms with E-state index in [-0.39, 0.29) is 18.6 Å². The van der Waals surface area contributed by atoms with Gasteiger partial charge in [0.15, 0.2) is 0 Å². The quantitative estimate of drug-likeness (QED) is 0.811. The van der Waals surface area contributed by atoms with E-state index in [1.54, 1.807) is 14.2 Å². The average molecular weight is 307 g/mol. The molecule has 0 spiro atoms. The standard InChI is InChI=1S/C16H25N3O3/c1-21-11-13(17)16(20)18-12-7-9-19(10-8-12)14-5-3-4-6-15(14)22-2/h3-6,12-13H,7-11,17H2,1-2H3,(H,18,20). The van der Waals surface area contributed by atoms with Crippen molar-refractivity contribution in [3.8, 4) is 5.75 Å². The average Bonchev–Trinajstić information content (AvgIpc) is 2.55. The zero-order valence-corrected chi connectivity index (χ0v) is 13.2. The van der Waals surface area contributed by atoms with Gasteiger partial charge in [0, 0.05) is 26.2 Å². The number of hydrogen-bond acceptors (Lipinski definition) is 5. The molecule has 0 aromatic heterocycles. The number of para-hydroxylation sites is 2. The molecule has 1 aromatic carbocycles. The Hall–Kier alpha value is -1.79. The molecule has 22 heavy (non-hydrogen) atoms. The molecule has 1 aliphatic rings. The number of amides is 1. The first-order valence-electron chi connectivity index (χ1n) is 7.58. The number of nitrogens with two attached hydrogens (primary N) is 1. The molecule has 0 saturated carbocycles. The Kier molecular flexibility index (Phi) is 6.03. The molecule has 0 radical (unpaired) electrons. The molecule has 122 valence electrons. The van der Waals surface area contributed by atoms with Crippen LogP contribution in [0.25, 0.3) is 0 Å². The van der Waals surface area contributed by atoms with Gasteiger partial charge in [0.05, 0.1) is 19.4 Å². The first kappa shape index (κ1) is 16.6. The zero-order valence-electron chi connectivity index (χ0n) is 13.2. The monoisotopic (exact) mass is 307 g/mol. The molecule has 2 rings (SSSR count). The van der Waals surface area contributed by atoms with Gasteiger partial charge in [-0.2, -0.15) is 0 Å². The highest BCUT2D eigenvalue weighted by molar-refractivity contribution is 5.81. The van der Waals surface area contributed by atoms with Crippen molar-refractivity contribution in [1.29, 1.82) is 0 Å². The van der Waals surface area contributed by atoms with Crippen molar-refractivity contribution in [2.45, 2.75) is 24.9 Å². The van der Waals surface area contributed by atoms with Crippen LogP contribution in [0, 0.1) is 0 Å². The maximum Gasteiger partial charge on any atom is 0.239 e. The van der Waals surface area contributed by atoms with Crippen LogP contribution >= 0.6 is 0 Å². The smallest absolute Gasteiger partial charge is 0.239 e. The van der Waals surface area contributed by atoms with E-state index >= 15 is 0 Å². The van der Waals surface area contributed by atoms with Crippen molar-refractivity contribution in [3.05, 3.63) is 24.3 Å². The molecule has 0 aliphatic carbocycles. The minimum Gasteiger partial charge on any atom is -0.495 e. The van der Waals surface area contributed by atoms with Gasteiger partial charge in [-0.05, 0) is 25.0 Å². The second-order valence-electron chi connectivity index (χ2n) is 5.50. The van der Waals surface area contributed by atoms with Crippen LogP contribution in [-0.2, 0) is 9.53 Å². The van der Waals surface area contributed by atoms with E-state index in [0.717, 1.165) is 37.4 Å². The molecule has 1 heterocycles. The zero-order chi connectivity index (χ0) is 15.9. The summed E-state index contributed by atoms with van der Waals surface area (Å²) in [6, 6.07) is 7.57. The Morgan fingerprint density at radius 1 is 1.36 bits per heavy atom. The highest BCUT2D eigenvalue weighted by Crippen LogP contribution is 2.29. The summed E-state index contributed by atoms with van der Waals surface area (Å²) in [6.45, 7) is 2.00. The molecule has 6 heteroatoms. The number of nitrogens with zero attached hydrogens (tertiary/aromatic N) is 1. The molecular formula is C16H25N3O3. The molecule has 1 unspecified atom stereocenters. The number of methoxy groups -OCH3 is 2. The number of anilines is 1. The summed E-state index contributed by atoms with van der Waals surface area (Å²) in [5.74, 6) is 0.740. The summed E-state index contributed by atoms with van der Waals surface area (Å²) in [5, 5.41) is 3.00. The molecule has 3 N–H and O–H groups in total. The lowest BCUT2D eigenvalue weighted by atomic mass is 10.0.